The number of carbonyl (C=O) groups is 2. The first-order chi connectivity index (χ1) is 10.4. The number of carbonyl (C=O) groups excluding carboxylic acids is 2. The maximum atomic E-state index is 12.4. The molecule has 2 bridgehead atoms. The summed E-state index contributed by atoms with van der Waals surface area (Å²) in [5.41, 5.74) is 0. The first-order valence-electron chi connectivity index (χ1n) is 8.62. The van der Waals surface area contributed by atoms with E-state index in [2.05, 4.69) is 21.0 Å². The minimum atomic E-state index is -0.241. The van der Waals surface area contributed by atoms with Gasteiger partial charge in [-0.1, -0.05) is 6.92 Å². The Morgan fingerprint density at radius 2 is 2.09 bits per heavy atom. The van der Waals surface area contributed by atoms with Gasteiger partial charge in [0.2, 0.25) is 0 Å². The predicted molar refractivity (Wildman–Crippen MR) is 80.8 cm³/mol. The minimum Gasteiger partial charge on any atom is -0.465 e. The summed E-state index contributed by atoms with van der Waals surface area (Å²) >= 11 is 0. The van der Waals surface area contributed by atoms with Crippen molar-refractivity contribution in [3.8, 4) is 0 Å². The van der Waals surface area contributed by atoms with Gasteiger partial charge in [-0.15, -0.1) is 0 Å². The smallest absolute Gasteiger partial charge is 0.310 e. The van der Waals surface area contributed by atoms with Crippen molar-refractivity contribution >= 4 is 11.9 Å². The van der Waals surface area contributed by atoms with E-state index in [1.54, 1.807) is 0 Å². The molecule has 22 heavy (non-hydrogen) atoms. The van der Waals surface area contributed by atoms with Crippen molar-refractivity contribution in [2.75, 3.05) is 33.8 Å². The maximum Gasteiger partial charge on any atom is 0.310 e. The molecule has 2 aliphatic carbocycles. The Morgan fingerprint density at radius 3 is 2.82 bits per heavy atom. The molecule has 3 fully saturated rings. The molecule has 0 unspecified atom stereocenters. The Bertz CT molecular complexity index is 460. The van der Waals surface area contributed by atoms with E-state index in [0.717, 1.165) is 43.3 Å². The van der Waals surface area contributed by atoms with Crippen molar-refractivity contribution in [1.29, 1.82) is 0 Å². The largest absolute Gasteiger partial charge is 0.465 e. The van der Waals surface area contributed by atoms with Crippen molar-refractivity contribution in [2.24, 2.45) is 23.7 Å². The van der Waals surface area contributed by atoms with Crippen LogP contribution in [0.5, 0.6) is 0 Å². The second-order valence-corrected chi connectivity index (χ2v) is 7.83. The molecule has 0 aromatic heterocycles. The number of esters is 2. The van der Waals surface area contributed by atoms with E-state index in [9.17, 15) is 9.59 Å². The highest BCUT2D eigenvalue weighted by Gasteiger charge is 2.64. The van der Waals surface area contributed by atoms with Gasteiger partial charge in [-0.3, -0.25) is 9.59 Å². The topological polar surface area (TPSA) is 52.6 Å². The molecule has 1 aliphatic heterocycles. The number of nitrogens with zero attached hydrogens (tertiary/aromatic N) is 1. The van der Waals surface area contributed by atoms with Crippen LogP contribution < -0.4 is 0 Å². The first-order valence-corrected chi connectivity index (χ1v) is 8.62. The highest BCUT2D eigenvalue weighted by molar-refractivity contribution is 5.85. The molecule has 0 radical (unpaired) electrons. The number of hydrogen-bond acceptors (Lipinski definition) is 4. The van der Waals surface area contributed by atoms with Crippen LogP contribution in [-0.4, -0.2) is 56.3 Å². The van der Waals surface area contributed by atoms with E-state index in [4.69, 9.17) is 9.47 Å². The second-order valence-electron chi connectivity index (χ2n) is 7.83. The van der Waals surface area contributed by atoms with Crippen LogP contribution in [0.15, 0.2) is 0 Å². The molecule has 124 valence electrons. The third-order valence-corrected chi connectivity index (χ3v) is 5.74. The number of ether oxygens (including phenoxy) is 2. The van der Waals surface area contributed by atoms with Crippen LogP contribution >= 0.6 is 0 Å². The number of fused-ring (bicyclic) bond motifs is 1. The van der Waals surface area contributed by atoms with E-state index >= 15 is 0 Å². The summed E-state index contributed by atoms with van der Waals surface area (Å²) in [4.78, 5) is 24.3. The van der Waals surface area contributed by atoms with Gasteiger partial charge in [0.15, 0.2) is 0 Å². The van der Waals surface area contributed by atoms with Gasteiger partial charge in [0.25, 0.3) is 0 Å². The Hall–Kier alpha value is -1.10. The van der Waals surface area contributed by atoms with E-state index in [1.165, 1.54) is 0 Å². The maximum absolute atomic E-state index is 12.4. The lowest BCUT2D eigenvalue weighted by Crippen LogP contribution is -2.41. The Kier molecular flexibility index (Phi) is 4.19. The lowest BCUT2D eigenvalue weighted by Gasteiger charge is -2.29. The Morgan fingerprint density at radius 1 is 1.32 bits per heavy atom. The second kappa shape index (κ2) is 5.84. The molecule has 3 aliphatic rings. The van der Waals surface area contributed by atoms with Crippen LogP contribution in [0.1, 0.15) is 32.6 Å². The summed E-state index contributed by atoms with van der Waals surface area (Å²) in [6.07, 6.45) is 3.92. The average molecular weight is 310 g/mol. The fourth-order valence-corrected chi connectivity index (χ4v) is 4.80. The van der Waals surface area contributed by atoms with Crippen LogP contribution in [-0.2, 0) is 19.1 Å². The van der Waals surface area contributed by atoms with Crippen LogP contribution in [0.25, 0.3) is 0 Å². The first kappa shape index (κ1) is 15.8. The zero-order chi connectivity index (χ0) is 15.9. The lowest BCUT2D eigenvalue weighted by molar-refractivity contribution is -0.890. The molecule has 5 heteroatoms. The van der Waals surface area contributed by atoms with Gasteiger partial charge in [-0.05, 0) is 25.2 Å². The third-order valence-electron chi connectivity index (χ3n) is 5.74. The molecule has 1 saturated heterocycles. The number of rotatable bonds is 7. The Balaban J connectivity index is 1.46. The summed E-state index contributed by atoms with van der Waals surface area (Å²) in [5, 5.41) is 0. The van der Waals surface area contributed by atoms with Crippen molar-refractivity contribution < 1.29 is 23.5 Å². The van der Waals surface area contributed by atoms with Gasteiger partial charge in [0, 0.05) is 12.3 Å². The lowest BCUT2D eigenvalue weighted by atomic mass is 9.80. The van der Waals surface area contributed by atoms with Gasteiger partial charge in [0.05, 0.1) is 45.6 Å². The van der Waals surface area contributed by atoms with E-state index in [1.807, 2.05) is 0 Å². The van der Waals surface area contributed by atoms with Gasteiger partial charge in [-0.25, -0.2) is 0 Å². The highest BCUT2D eigenvalue weighted by atomic mass is 16.6. The standard InChI is InChI=1S/C17H28NO4/c1-4-6-18(2,3)7-5-8-21-16(19)14-11-9-12-13(10-11)22-17(20)15(12)14/h11-15H,4-10H2,1-3H3/q+1/t11-,12-,13+,14+,15-/m0/s1. The summed E-state index contributed by atoms with van der Waals surface area (Å²) in [6, 6.07) is 0. The molecule has 0 N–H and O–H groups in total. The van der Waals surface area contributed by atoms with Crippen LogP contribution in [0.4, 0.5) is 0 Å². The Labute approximate surface area is 132 Å². The molecule has 2 saturated carbocycles. The van der Waals surface area contributed by atoms with Crippen molar-refractivity contribution in [3.63, 3.8) is 0 Å². The summed E-state index contributed by atoms with van der Waals surface area (Å²) < 4.78 is 11.8. The zero-order valence-corrected chi connectivity index (χ0v) is 13.9. The molecular weight excluding hydrogens is 282 g/mol. The monoisotopic (exact) mass is 310 g/mol. The van der Waals surface area contributed by atoms with E-state index < -0.39 is 0 Å². The molecule has 0 amide bonds. The number of hydrogen-bond donors (Lipinski definition) is 0. The fourth-order valence-electron chi connectivity index (χ4n) is 4.80. The van der Waals surface area contributed by atoms with Crippen molar-refractivity contribution in [2.45, 2.75) is 38.7 Å². The van der Waals surface area contributed by atoms with E-state index in [-0.39, 0.29) is 35.8 Å². The molecule has 3 rings (SSSR count). The third kappa shape index (κ3) is 2.75. The van der Waals surface area contributed by atoms with Crippen molar-refractivity contribution in [3.05, 3.63) is 0 Å². The molecular formula is C17H28NO4+. The molecule has 0 spiro atoms. The molecule has 1 heterocycles. The van der Waals surface area contributed by atoms with Crippen LogP contribution in [0.2, 0.25) is 0 Å². The van der Waals surface area contributed by atoms with E-state index in [0.29, 0.717) is 12.5 Å². The van der Waals surface area contributed by atoms with Gasteiger partial charge < -0.3 is 14.0 Å². The van der Waals surface area contributed by atoms with Crippen molar-refractivity contribution in [1.82, 2.24) is 0 Å². The normalized spacial score (nSPS) is 35.8. The van der Waals surface area contributed by atoms with Gasteiger partial charge >= 0.3 is 11.9 Å². The quantitative estimate of drug-likeness (QED) is 0.407. The average Bonchev–Trinajstić information content (AvgIpc) is 3.04. The fraction of sp³-hybridized carbons (Fsp3) is 0.882. The molecule has 5 atom stereocenters. The van der Waals surface area contributed by atoms with Gasteiger partial charge in [-0.2, -0.15) is 0 Å². The molecule has 0 aromatic rings. The summed E-state index contributed by atoms with van der Waals surface area (Å²) in [5.74, 6) is -0.229. The highest BCUT2D eigenvalue weighted by Crippen LogP contribution is 2.57. The minimum absolute atomic E-state index is 0.0821. The van der Waals surface area contributed by atoms with Crippen LogP contribution in [0.3, 0.4) is 0 Å². The summed E-state index contributed by atoms with van der Waals surface area (Å²) in [6.45, 7) is 4.79. The number of quaternary nitrogens is 1. The molecule has 0 aromatic carbocycles. The zero-order valence-electron chi connectivity index (χ0n) is 13.9. The van der Waals surface area contributed by atoms with Crippen LogP contribution in [0, 0.1) is 23.7 Å². The van der Waals surface area contributed by atoms with Gasteiger partial charge in [0.1, 0.15) is 6.10 Å². The summed E-state index contributed by atoms with van der Waals surface area (Å²) in [7, 11) is 4.41. The SMILES string of the molecule is CCC[N+](C)(C)CCCOC(=O)[C@@H]1[C@H]2C[C@@H]3[C@@H]1C(=O)O[C@@H]3C2. The molecule has 5 nitrogen and oxygen atoms in total. The predicted octanol–water partition coefficient (Wildman–Crippen LogP) is 1.60.